The number of aryl methyl sites for hydroxylation is 3. The number of carbonyl (C=O) groups is 2. The average molecular weight is 350 g/mol. The average Bonchev–Trinajstić information content (AvgIpc) is 2.61. The lowest BCUT2D eigenvalue weighted by Gasteiger charge is -2.33. The van der Waals surface area contributed by atoms with Crippen LogP contribution in [-0.2, 0) is 22.4 Å². The summed E-state index contributed by atoms with van der Waals surface area (Å²) in [5.41, 5.74) is 4.82. The van der Waals surface area contributed by atoms with Gasteiger partial charge in [0.2, 0.25) is 11.8 Å². The first-order chi connectivity index (χ1) is 12.5. The second-order valence-corrected chi connectivity index (χ2v) is 7.16. The zero-order chi connectivity index (χ0) is 18.5. The van der Waals surface area contributed by atoms with Crippen LogP contribution in [-0.4, -0.2) is 35.8 Å². The number of rotatable bonds is 5. The molecule has 1 fully saturated rings. The van der Waals surface area contributed by atoms with E-state index in [1.807, 2.05) is 30.3 Å². The summed E-state index contributed by atoms with van der Waals surface area (Å²) >= 11 is 0. The highest BCUT2D eigenvalue weighted by Crippen LogP contribution is 2.14. The molecule has 4 nitrogen and oxygen atoms in total. The Morgan fingerprint density at radius 1 is 1.15 bits per heavy atom. The summed E-state index contributed by atoms with van der Waals surface area (Å²) in [4.78, 5) is 26.4. The molecule has 0 radical (unpaired) electrons. The van der Waals surface area contributed by atoms with Gasteiger partial charge in [0.15, 0.2) is 0 Å². The van der Waals surface area contributed by atoms with Gasteiger partial charge in [0, 0.05) is 13.0 Å². The Balaban J connectivity index is 1.58. The predicted octanol–water partition coefficient (Wildman–Crippen LogP) is 2.81. The Morgan fingerprint density at radius 2 is 1.92 bits per heavy atom. The van der Waals surface area contributed by atoms with Crippen LogP contribution in [0.2, 0.25) is 0 Å². The van der Waals surface area contributed by atoms with Crippen LogP contribution in [0.1, 0.15) is 28.7 Å². The van der Waals surface area contributed by atoms with Gasteiger partial charge in [0.1, 0.15) is 0 Å². The Bertz CT molecular complexity index is 786. The maximum absolute atomic E-state index is 12.6. The number of hydrogen-bond acceptors (Lipinski definition) is 2. The molecular formula is C22H26N2O2. The van der Waals surface area contributed by atoms with Crippen molar-refractivity contribution in [2.24, 2.45) is 0 Å². The fraction of sp³-hybridized carbons (Fsp3) is 0.364. The van der Waals surface area contributed by atoms with Gasteiger partial charge in [-0.2, -0.15) is 0 Å². The van der Waals surface area contributed by atoms with Crippen molar-refractivity contribution >= 4 is 11.8 Å². The van der Waals surface area contributed by atoms with Gasteiger partial charge in [-0.1, -0.05) is 54.1 Å². The molecule has 4 heteroatoms. The van der Waals surface area contributed by atoms with E-state index in [1.165, 1.54) is 22.3 Å². The zero-order valence-corrected chi connectivity index (χ0v) is 15.5. The van der Waals surface area contributed by atoms with E-state index in [0.29, 0.717) is 19.4 Å². The first-order valence-electron chi connectivity index (χ1n) is 9.18. The van der Waals surface area contributed by atoms with Gasteiger partial charge in [-0.3, -0.25) is 9.59 Å². The SMILES string of the molecule is Cc1ccc(CCC(=O)N2CC(=O)N[C@@H](Cc3ccccc3)C2)c(C)c1. The molecule has 1 heterocycles. The lowest BCUT2D eigenvalue weighted by molar-refractivity contribution is -0.139. The maximum Gasteiger partial charge on any atom is 0.239 e. The summed E-state index contributed by atoms with van der Waals surface area (Å²) in [6.07, 6.45) is 1.90. The van der Waals surface area contributed by atoms with E-state index in [1.54, 1.807) is 4.90 Å². The summed E-state index contributed by atoms with van der Waals surface area (Å²) in [5.74, 6) is -0.0186. The minimum atomic E-state index is -0.0722. The number of nitrogens with one attached hydrogen (secondary N) is 1. The summed E-state index contributed by atoms with van der Waals surface area (Å²) < 4.78 is 0. The molecule has 2 aromatic carbocycles. The van der Waals surface area contributed by atoms with Crippen LogP contribution in [0.3, 0.4) is 0 Å². The van der Waals surface area contributed by atoms with Gasteiger partial charge in [-0.05, 0) is 43.4 Å². The molecule has 1 aliphatic rings. The van der Waals surface area contributed by atoms with E-state index in [4.69, 9.17) is 0 Å². The van der Waals surface area contributed by atoms with Crippen LogP contribution in [0.4, 0.5) is 0 Å². The third kappa shape index (κ3) is 4.72. The fourth-order valence-corrected chi connectivity index (χ4v) is 3.55. The number of hydrogen-bond donors (Lipinski definition) is 1. The molecule has 0 bridgehead atoms. The van der Waals surface area contributed by atoms with Crippen molar-refractivity contribution in [3.63, 3.8) is 0 Å². The van der Waals surface area contributed by atoms with Gasteiger partial charge >= 0.3 is 0 Å². The first kappa shape index (κ1) is 18.2. The highest BCUT2D eigenvalue weighted by molar-refractivity contribution is 5.86. The van der Waals surface area contributed by atoms with Crippen LogP contribution >= 0.6 is 0 Å². The van der Waals surface area contributed by atoms with Crippen molar-refractivity contribution in [3.05, 3.63) is 70.8 Å². The standard InChI is InChI=1S/C22H26N2O2/c1-16-8-9-19(17(2)12-16)10-11-22(26)24-14-20(23-21(25)15-24)13-18-6-4-3-5-7-18/h3-9,12,20H,10-11,13-15H2,1-2H3,(H,23,25)/t20-/m0/s1. The second-order valence-electron chi connectivity index (χ2n) is 7.16. The second kappa shape index (κ2) is 8.17. The van der Waals surface area contributed by atoms with Gasteiger partial charge in [-0.15, -0.1) is 0 Å². The third-order valence-corrected chi connectivity index (χ3v) is 4.92. The summed E-state index contributed by atoms with van der Waals surface area (Å²) in [7, 11) is 0. The molecule has 2 amide bonds. The van der Waals surface area contributed by atoms with E-state index >= 15 is 0 Å². The Kier molecular flexibility index (Phi) is 5.71. The normalized spacial score (nSPS) is 17.1. The quantitative estimate of drug-likeness (QED) is 0.901. The molecule has 3 rings (SSSR count). The minimum absolute atomic E-state index is 0.0243. The van der Waals surface area contributed by atoms with E-state index < -0.39 is 0 Å². The molecule has 1 saturated heterocycles. The predicted molar refractivity (Wildman–Crippen MR) is 103 cm³/mol. The molecule has 1 N–H and O–H groups in total. The van der Waals surface area contributed by atoms with Crippen molar-refractivity contribution in [2.45, 2.75) is 39.2 Å². The lowest BCUT2D eigenvalue weighted by atomic mass is 10.0. The Hall–Kier alpha value is -2.62. The summed E-state index contributed by atoms with van der Waals surface area (Å²) in [5, 5.41) is 3.01. The molecule has 0 unspecified atom stereocenters. The monoisotopic (exact) mass is 350 g/mol. The molecule has 136 valence electrons. The van der Waals surface area contributed by atoms with E-state index in [-0.39, 0.29) is 24.4 Å². The van der Waals surface area contributed by atoms with Crippen LogP contribution in [0.25, 0.3) is 0 Å². The van der Waals surface area contributed by atoms with Crippen molar-refractivity contribution in [2.75, 3.05) is 13.1 Å². The number of amides is 2. The largest absolute Gasteiger partial charge is 0.350 e. The van der Waals surface area contributed by atoms with E-state index in [2.05, 4.69) is 37.4 Å². The first-order valence-corrected chi connectivity index (χ1v) is 9.18. The van der Waals surface area contributed by atoms with Crippen LogP contribution in [0, 0.1) is 13.8 Å². The highest BCUT2D eigenvalue weighted by Gasteiger charge is 2.27. The molecule has 26 heavy (non-hydrogen) atoms. The maximum atomic E-state index is 12.6. The van der Waals surface area contributed by atoms with Gasteiger partial charge < -0.3 is 10.2 Å². The van der Waals surface area contributed by atoms with Crippen LogP contribution in [0.15, 0.2) is 48.5 Å². The van der Waals surface area contributed by atoms with Crippen molar-refractivity contribution in [1.29, 1.82) is 0 Å². The molecule has 1 atom stereocenters. The minimum Gasteiger partial charge on any atom is -0.350 e. The smallest absolute Gasteiger partial charge is 0.239 e. The van der Waals surface area contributed by atoms with Crippen molar-refractivity contribution in [1.82, 2.24) is 10.2 Å². The number of carbonyl (C=O) groups excluding carboxylic acids is 2. The Labute approximate surface area is 155 Å². The van der Waals surface area contributed by atoms with Crippen molar-refractivity contribution < 1.29 is 9.59 Å². The molecule has 1 aliphatic heterocycles. The third-order valence-electron chi connectivity index (χ3n) is 4.92. The molecule has 2 aromatic rings. The molecule has 0 spiro atoms. The molecule has 0 aliphatic carbocycles. The number of benzene rings is 2. The summed E-state index contributed by atoms with van der Waals surface area (Å²) in [6.45, 7) is 4.89. The number of piperazine rings is 1. The van der Waals surface area contributed by atoms with Gasteiger partial charge in [0.05, 0.1) is 12.6 Å². The van der Waals surface area contributed by atoms with Gasteiger partial charge in [0.25, 0.3) is 0 Å². The van der Waals surface area contributed by atoms with Crippen molar-refractivity contribution in [3.8, 4) is 0 Å². The molecule has 0 saturated carbocycles. The highest BCUT2D eigenvalue weighted by atomic mass is 16.2. The van der Waals surface area contributed by atoms with Crippen LogP contribution < -0.4 is 5.32 Å². The topological polar surface area (TPSA) is 49.4 Å². The molecular weight excluding hydrogens is 324 g/mol. The fourth-order valence-electron chi connectivity index (χ4n) is 3.55. The van der Waals surface area contributed by atoms with Crippen LogP contribution in [0.5, 0.6) is 0 Å². The lowest BCUT2D eigenvalue weighted by Crippen LogP contribution is -2.56. The number of nitrogens with zero attached hydrogens (tertiary/aromatic N) is 1. The summed E-state index contributed by atoms with van der Waals surface area (Å²) in [6, 6.07) is 16.4. The van der Waals surface area contributed by atoms with E-state index in [0.717, 1.165) is 6.42 Å². The molecule has 0 aromatic heterocycles. The zero-order valence-electron chi connectivity index (χ0n) is 15.5. The van der Waals surface area contributed by atoms with E-state index in [9.17, 15) is 9.59 Å². The van der Waals surface area contributed by atoms with Gasteiger partial charge in [-0.25, -0.2) is 0 Å². The Morgan fingerprint density at radius 3 is 2.65 bits per heavy atom.